The van der Waals surface area contributed by atoms with Crippen LogP contribution in [0.15, 0.2) is 186 Å². The van der Waals surface area contributed by atoms with E-state index in [1.807, 2.05) is 12.1 Å². The fourth-order valence-corrected chi connectivity index (χ4v) is 7.50. The highest BCUT2D eigenvalue weighted by atomic mass is 16.3. The average molecular weight is 627 g/mol. The molecule has 8 aromatic carbocycles. The van der Waals surface area contributed by atoms with Crippen LogP contribution in [0.25, 0.3) is 71.3 Å². The van der Waals surface area contributed by atoms with Crippen LogP contribution < -0.4 is 4.90 Å². The largest absolute Gasteiger partial charge is 0.456 e. The fraction of sp³-hybridized carbons (Fsp3) is 0. The molecule has 0 aliphatic rings. The summed E-state index contributed by atoms with van der Waals surface area (Å²) in [6, 6.07) is 65.0. The summed E-state index contributed by atoms with van der Waals surface area (Å²) in [5, 5.41) is 7.14. The van der Waals surface area contributed by atoms with Gasteiger partial charge in [-0.2, -0.15) is 0 Å². The van der Waals surface area contributed by atoms with Crippen molar-refractivity contribution in [1.29, 1.82) is 0 Å². The third kappa shape index (κ3) is 4.44. The van der Waals surface area contributed by atoms with Gasteiger partial charge in [0, 0.05) is 33.2 Å². The van der Waals surface area contributed by atoms with Crippen LogP contribution in [0.1, 0.15) is 0 Å². The van der Waals surface area contributed by atoms with Gasteiger partial charge in [0.1, 0.15) is 11.2 Å². The number of furan rings is 1. The van der Waals surface area contributed by atoms with Gasteiger partial charge in [-0.05, 0) is 94.7 Å². The number of hydrogen-bond donors (Lipinski definition) is 0. The minimum Gasteiger partial charge on any atom is -0.456 e. The first-order chi connectivity index (χ1) is 24.3. The molecule has 2 aromatic heterocycles. The highest BCUT2D eigenvalue weighted by Gasteiger charge is 2.20. The maximum Gasteiger partial charge on any atom is 0.137 e. The fourth-order valence-electron chi connectivity index (χ4n) is 7.50. The minimum atomic E-state index is 0.879. The third-order valence-corrected chi connectivity index (χ3v) is 9.76. The van der Waals surface area contributed by atoms with Crippen LogP contribution in [-0.2, 0) is 0 Å². The molecule has 0 saturated carbocycles. The van der Waals surface area contributed by atoms with Crippen molar-refractivity contribution in [2.24, 2.45) is 0 Å². The van der Waals surface area contributed by atoms with Crippen molar-refractivity contribution in [2.75, 3.05) is 4.90 Å². The summed E-state index contributed by atoms with van der Waals surface area (Å²) in [7, 11) is 0. The van der Waals surface area contributed by atoms with E-state index in [1.165, 1.54) is 49.4 Å². The lowest BCUT2D eigenvalue weighted by molar-refractivity contribution is 0.669. The second-order valence-electron chi connectivity index (χ2n) is 12.6. The Hall–Kier alpha value is -6.58. The van der Waals surface area contributed by atoms with E-state index in [0.29, 0.717) is 0 Å². The van der Waals surface area contributed by atoms with Gasteiger partial charge >= 0.3 is 0 Å². The van der Waals surface area contributed by atoms with Gasteiger partial charge in [-0.3, -0.25) is 0 Å². The standard InChI is InChI=1S/C46H30N2O/c1-2-13-35(14-3-1)48-41-17-8-6-15-38(41)40-30-34(24-28-42(40)48)32-21-25-36(26-22-32)47(37-27-23-31-11-4-5-12-33(31)29-37)43-18-10-20-45-46(43)39-16-7-9-19-44(39)49-45/h1-30H. The van der Waals surface area contributed by atoms with E-state index in [0.717, 1.165) is 39.0 Å². The zero-order valence-corrected chi connectivity index (χ0v) is 26.6. The first-order valence-electron chi connectivity index (χ1n) is 16.7. The number of para-hydroxylation sites is 3. The molecule has 49 heavy (non-hydrogen) atoms. The van der Waals surface area contributed by atoms with Gasteiger partial charge in [-0.15, -0.1) is 0 Å². The lowest BCUT2D eigenvalue weighted by Crippen LogP contribution is -2.10. The van der Waals surface area contributed by atoms with E-state index in [1.54, 1.807) is 0 Å². The summed E-state index contributed by atoms with van der Waals surface area (Å²) in [5.74, 6) is 0. The first kappa shape index (κ1) is 27.5. The van der Waals surface area contributed by atoms with Crippen molar-refractivity contribution in [1.82, 2.24) is 4.57 Å². The van der Waals surface area contributed by atoms with Crippen molar-refractivity contribution in [3.63, 3.8) is 0 Å². The second-order valence-corrected chi connectivity index (χ2v) is 12.6. The summed E-state index contributed by atoms with van der Waals surface area (Å²) >= 11 is 0. The van der Waals surface area contributed by atoms with Crippen molar-refractivity contribution < 1.29 is 4.42 Å². The van der Waals surface area contributed by atoms with Crippen molar-refractivity contribution in [3.05, 3.63) is 182 Å². The summed E-state index contributed by atoms with van der Waals surface area (Å²) in [6.45, 7) is 0. The molecule has 0 fully saturated rings. The van der Waals surface area contributed by atoms with Gasteiger partial charge in [-0.1, -0.05) is 109 Å². The average Bonchev–Trinajstić information content (AvgIpc) is 3.72. The van der Waals surface area contributed by atoms with Crippen LogP contribution in [0.2, 0.25) is 0 Å². The third-order valence-electron chi connectivity index (χ3n) is 9.76. The van der Waals surface area contributed by atoms with Gasteiger partial charge in [0.05, 0.1) is 22.1 Å². The molecule has 10 rings (SSSR count). The molecule has 0 amide bonds. The molecule has 0 bridgehead atoms. The number of rotatable bonds is 5. The second kappa shape index (κ2) is 11.0. The Morgan fingerprint density at radius 1 is 0.408 bits per heavy atom. The van der Waals surface area contributed by atoms with Crippen LogP contribution in [0.5, 0.6) is 0 Å². The molecule has 230 valence electrons. The Morgan fingerprint density at radius 2 is 1.08 bits per heavy atom. The molecular weight excluding hydrogens is 597 g/mol. The van der Waals surface area contributed by atoms with E-state index in [-0.39, 0.29) is 0 Å². The normalized spacial score (nSPS) is 11.7. The lowest BCUT2D eigenvalue weighted by Gasteiger charge is -2.27. The Balaban J connectivity index is 1.13. The Labute approximate surface area is 283 Å². The highest BCUT2D eigenvalue weighted by molar-refractivity contribution is 6.14. The number of fused-ring (bicyclic) bond motifs is 7. The van der Waals surface area contributed by atoms with Crippen LogP contribution >= 0.6 is 0 Å². The molecule has 3 nitrogen and oxygen atoms in total. The summed E-state index contributed by atoms with van der Waals surface area (Å²) < 4.78 is 8.69. The maximum absolute atomic E-state index is 6.33. The summed E-state index contributed by atoms with van der Waals surface area (Å²) in [4.78, 5) is 2.36. The number of benzene rings is 8. The molecule has 10 aromatic rings. The highest BCUT2D eigenvalue weighted by Crippen LogP contribution is 2.44. The molecule has 0 radical (unpaired) electrons. The van der Waals surface area contributed by atoms with Crippen LogP contribution in [-0.4, -0.2) is 4.57 Å². The van der Waals surface area contributed by atoms with Crippen LogP contribution in [0, 0.1) is 0 Å². The predicted octanol–water partition coefficient (Wildman–Crippen LogP) is 13.0. The van der Waals surface area contributed by atoms with Crippen molar-refractivity contribution >= 4 is 71.6 Å². The van der Waals surface area contributed by atoms with Crippen LogP contribution in [0.3, 0.4) is 0 Å². The quantitative estimate of drug-likeness (QED) is 0.190. The van der Waals surface area contributed by atoms with Gasteiger partial charge in [0.2, 0.25) is 0 Å². The van der Waals surface area contributed by atoms with Gasteiger partial charge in [0.15, 0.2) is 0 Å². The van der Waals surface area contributed by atoms with Gasteiger partial charge < -0.3 is 13.9 Å². The molecular formula is C46H30N2O. The molecule has 0 atom stereocenters. The Bertz CT molecular complexity index is 2830. The van der Waals surface area contributed by atoms with Gasteiger partial charge in [-0.25, -0.2) is 0 Å². The number of anilines is 3. The summed E-state index contributed by atoms with van der Waals surface area (Å²) in [6.07, 6.45) is 0. The smallest absolute Gasteiger partial charge is 0.137 e. The molecule has 2 heterocycles. The van der Waals surface area contributed by atoms with Crippen molar-refractivity contribution in [2.45, 2.75) is 0 Å². The van der Waals surface area contributed by atoms with E-state index in [4.69, 9.17) is 4.42 Å². The number of aromatic nitrogens is 1. The number of hydrogen-bond acceptors (Lipinski definition) is 2. The number of nitrogens with zero attached hydrogens (tertiary/aromatic N) is 2. The van der Waals surface area contributed by atoms with E-state index in [2.05, 4.69) is 179 Å². The monoisotopic (exact) mass is 626 g/mol. The zero-order valence-electron chi connectivity index (χ0n) is 26.6. The molecule has 0 aliphatic carbocycles. The van der Waals surface area contributed by atoms with E-state index >= 15 is 0 Å². The lowest BCUT2D eigenvalue weighted by atomic mass is 10.0. The SMILES string of the molecule is c1ccc(-n2c3ccccc3c3cc(-c4ccc(N(c5ccc6ccccc6c5)c5cccc6oc7ccccc7c56)cc4)ccc32)cc1. The Kier molecular flexibility index (Phi) is 6.18. The molecule has 0 spiro atoms. The minimum absolute atomic E-state index is 0.879. The van der Waals surface area contributed by atoms with Crippen molar-refractivity contribution in [3.8, 4) is 16.8 Å². The predicted molar refractivity (Wildman–Crippen MR) is 206 cm³/mol. The first-order valence-corrected chi connectivity index (χ1v) is 16.7. The van der Waals surface area contributed by atoms with Gasteiger partial charge in [0.25, 0.3) is 0 Å². The van der Waals surface area contributed by atoms with Crippen LogP contribution in [0.4, 0.5) is 17.1 Å². The molecule has 0 aliphatic heterocycles. The topological polar surface area (TPSA) is 21.3 Å². The maximum atomic E-state index is 6.33. The molecule has 0 saturated heterocycles. The molecule has 3 heteroatoms. The van der Waals surface area contributed by atoms with E-state index < -0.39 is 0 Å². The van der Waals surface area contributed by atoms with E-state index in [9.17, 15) is 0 Å². The molecule has 0 unspecified atom stereocenters. The summed E-state index contributed by atoms with van der Waals surface area (Å²) in [5.41, 5.74) is 11.0. The Morgan fingerprint density at radius 3 is 1.96 bits per heavy atom. The molecule has 0 N–H and O–H groups in total. The zero-order chi connectivity index (χ0) is 32.3.